The molecule has 0 fully saturated rings. The number of hydrogen-bond acceptors (Lipinski definition) is 2. The van der Waals surface area contributed by atoms with E-state index in [-0.39, 0.29) is 5.97 Å². The molecule has 0 saturated heterocycles. The fraction of sp³-hybridized carbons (Fsp3) is 0.571. The number of allylic oxidation sites excluding steroid dienone is 1. The van der Waals surface area contributed by atoms with E-state index < -0.39 is 0 Å². The molecule has 0 spiro atoms. The largest absolute Gasteiger partial charge is 0.469 e. The second-order valence-corrected chi connectivity index (χ2v) is 1.66. The Labute approximate surface area is 55.5 Å². The Hall–Kier alpha value is -0.790. The minimum absolute atomic E-state index is 0.181. The van der Waals surface area contributed by atoms with Gasteiger partial charge in [-0.25, -0.2) is 0 Å². The van der Waals surface area contributed by atoms with Crippen molar-refractivity contribution in [3.8, 4) is 0 Å². The fourth-order valence-corrected chi connectivity index (χ4v) is 0.430. The van der Waals surface area contributed by atoms with Crippen LogP contribution in [0.5, 0.6) is 0 Å². The molecule has 0 aromatic rings. The highest BCUT2D eigenvalue weighted by Gasteiger charge is 1.91. The standard InChI is InChI=1S/C7H12O2/c1-3-4-5-6-7(8)9-2/h4-5H,3,6H2,1-2H3/b5-4-. The van der Waals surface area contributed by atoms with Gasteiger partial charge in [0.2, 0.25) is 0 Å². The predicted molar refractivity (Wildman–Crippen MR) is 36.1 cm³/mol. The van der Waals surface area contributed by atoms with Gasteiger partial charge in [-0.2, -0.15) is 0 Å². The maximum Gasteiger partial charge on any atom is 0.309 e. The Morgan fingerprint density at radius 1 is 1.56 bits per heavy atom. The molecule has 2 nitrogen and oxygen atoms in total. The molecule has 0 rings (SSSR count). The molecular weight excluding hydrogens is 116 g/mol. The normalized spacial score (nSPS) is 10.0. The molecule has 0 aromatic carbocycles. The van der Waals surface area contributed by atoms with E-state index in [1.807, 2.05) is 19.1 Å². The first-order chi connectivity index (χ1) is 4.31. The van der Waals surface area contributed by atoms with Crippen LogP contribution in [-0.4, -0.2) is 13.1 Å². The number of esters is 1. The van der Waals surface area contributed by atoms with Crippen LogP contribution < -0.4 is 0 Å². The molecular formula is C7H12O2. The van der Waals surface area contributed by atoms with Crippen LogP contribution in [-0.2, 0) is 9.53 Å². The van der Waals surface area contributed by atoms with Gasteiger partial charge in [0.1, 0.15) is 0 Å². The number of hydrogen-bond donors (Lipinski definition) is 0. The van der Waals surface area contributed by atoms with Gasteiger partial charge in [0.15, 0.2) is 0 Å². The van der Waals surface area contributed by atoms with Crippen molar-refractivity contribution in [1.29, 1.82) is 0 Å². The van der Waals surface area contributed by atoms with Crippen LogP contribution in [0.2, 0.25) is 0 Å². The van der Waals surface area contributed by atoms with Crippen LogP contribution >= 0.6 is 0 Å². The molecule has 0 atom stereocenters. The highest BCUT2D eigenvalue weighted by Crippen LogP contribution is 1.87. The first kappa shape index (κ1) is 8.21. The molecule has 0 N–H and O–H groups in total. The van der Waals surface area contributed by atoms with Crippen molar-refractivity contribution in [2.45, 2.75) is 19.8 Å². The third kappa shape index (κ3) is 5.07. The Kier molecular flexibility index (Phi) is 4.88. The molecule has 52 valence electrons. The van der Waals surface area contributed by atoms with Gasteiger partial charge in [0.25, 0.3) is 0 Å². The maximum atomic E-state index is 10.4. The molecule has 0 aliphatic carbocycles. The van der Waals surface area contributed by atoms with Gasteiger partial charge in [0.05, 0.1) is 13.5 Å². The zero-order chi connectivity index (χ0) is 7.11. The summed E-state index contributed by atoms with van der Waals surface area (Å²) in [5, 5.41) is 0. The second-order valence-electron chi connectivity index (χ2n) is 1.66. The van der Waals surface area contributed by atoms with Gasteiger partial charge in [-0.05, 0) is 6.42 Å². The summed E-state index contributed by atoms with van der Waals surface area (Å²) in [6.45, 7) is 2.02. The van der Waals surface area contributed by atoms with E-state index in [9.17, 15) is 4.79 Å². The van der Waals surface area contributed by atoms with Crippen molar-refractivity contribution < 1.29 is 9.53 Å². The van der Waals surface area contributed by atoms with Crippen LogP contribution in [0, 0.1) is 0 Å². The lowest BCUT2D eigenvalue weighted by Crippen LogP contribution is -1.96. The molecule has 0 amide bonds. The molecule has 9 heavy (non-hydrogen) atoms. The maximum absolute atomic E-state index is 10.4. The van der Waals surface area contributed by atoms with Crippen LogP contribution in [0.3, 0.4) is 0 Å². The van der Waals surface area contributed by atoms with Gasteiger partial charge in [-0.15, -0.1) is 0 Å². The number of carbonyl (C=O) groups excluding carboxylic acids is 1. The van der Waals surface area contributed by atoms with Crippen molar-refractivity contribution >= 4 is 5.97 Å². The summed E-state index contributed by atoms with van der Waals surface area (Å²) in [5.74, 6) is -0.181. The van der Waals surface area contributed by atoms with Gasteiger partial charge in [0, 0.05) is 0 Å². The number of ether oxygens (including phenoxy) is 1. The molecule has 0 aliphatic rings. The van der Waals surface area contributed by atoms with E-state index >= 15 is 0 Å². The molecule has 0 heterocycles. The quantitative estimate of drug-likeness (QED) is 0.425. The van der Waals surface area contributed by atoms with Gasteiger partial charge in [-0.1, -0.05) is 19.1 Å². The summed E-state index contributed by atoms with van der Waals surface area (Å²) in [5.41, 5.74) is 0. The molecule has 0 radical (unpaired) electrons. The molecule has 0 aromatic heterocycles. The first-order valence-corrected chi connectivity index (χ1v) is 3.03. The van der Waals surface area contributed by atoms with Crippen molar-refractivity contribution in [2.75, 3.05) is 7.11 Å². The second kappa shape index (κ2) is 5.35. The number of rotatable bonds is 3. The summed E-state index contributed by atoms with van der Waals surface area (Å²) in [7, 11) is 1.39. The van der Waals surface area contributed by atoms with E-state index in [1.165, 1.54) is 7.11 Å². The van der Waals surface area contributed by atoms with Crippen molar-refractivity contribution in [1.82, 2.24) is 0 Å². The molecule has 0 unspecified atom stereocenters. The Morgan fingerprint density at radius 3 is 2.67 bits per heavy atom. The number of carbonyl (C=O) groups is 1. The Balaban J connectivity index is 3.26. The summed E-state index contributed by atoms with van der Waals surface area (Å²) < 4.78 is 4.41. The highest BCUT2D eigenvalue weighted by atomic mass is 16.5. The highest BCUT2D eigenvalue weighted by molar-refractivity contribution is 5.70. The zero-order valence-corrected chi connectivity index (χ0v) is 5.89. The minimum Gasteiger partial charge on any atom is -0.469 e. The average molecular weight is 128 g/mol. The molecule has 0 saturated carbocycles. The zero-order valence-electron chi connectivity index (χ0n) is 5.89. The van der Waals surface area contributed by atoms with E-state index in [2.05, 4.69) is 4.74 Å². The summed E-state index contributed by atoms with van der Waals surface area (Å²) >= 11 is 0. The molecule has 2 heteroatoms. The van der Waals surface area contributed by atoms with E-state index in [4.69, 9.17) is 0 Å². The lowest BCUT2D eigenvalue weighted by molar-refractivity contribution is -0.139. The first-order valence-electron chi connectivity index (χ1n) is 3.03. The van der Waals surface area contributed by atoms with Crippen LogP contribution in [0.4, 0.5) is 0 Å². The fourth-order valence-electron chi connectivity index (χ4n) is 0.430. The lowest BCUT2D eigenvalue weighted by atomic mass is 10.3. The minimum atomic E-state index is -0.181. The monoisotopic (exact) mass is 128 g/mol. The van der Waals surface area contributed by atoms with Crippen LogP contribution in [0.1, 0.15) is 19.8 Å². The predicted octanol–water partition coefficient (Wildman–Crippen LogP) is 1.52. The Bertz CT molecular complexity index is 105. The summed E-state index contributed by atoms with van der Waals surface area (Å²) in [6, 6.07) is 0. The SMILES string of the molecule is CC/C=C\CC(=O)OC. The summed E-state index contributed by atoms with van der Waals surface area (Å²) in [4.78, 5) is 10.4. The van der Waals surface area contributed by atoms with Crippen molar-refractivity contribution in [2.24, 2.45) is 0 Å². The Morgan fingerprint density at radius 2 is 2.22 bits per heavy atom. The van der Waals surface area contributed by atoms with Crippen LogP contribution in [0.15, 0.2) is 12.2 Å². The van der Waals surface area contributed by atoms with E-state index in [0.29, 0.717) is 6.42 Å². The van der Waals surface area contributed by atoms with Crippen molar-refractivity contribution in [3.05, 3.63) is 12.2 Å². The van der Waals surface area contributed by atoms with E-state index in [1.54, 1.807) is 0 Å². The van der Waals surface area contributed by atoms with E-state index in [0.717, 1.165) is 6.42 Å². The third-order valence-electron chi connectivity index (χ3n) is 0.915. The molecule has 0 aliphatic heterocycles. The van der Waals surface area contributed by atoms with Gasteiger partial charge in [-0.3, -0.25) is 4.79 Å². The summed E-state index contributed by atoms with van der Waals surface area (Å²) in [6.07, 6.45) is 5.12. The van der Waals surface area contributed by atoms with Crippen molar-refractivity contribution in [3.63, 3.8) is 0 Å². The smallest absolute Gasteiger partial charge is 0.309 e. The van der Waals surface area contributed by atoms with Gasteiger partial charge >= 0.3 is 5.97 Å². The van der Waals surface area contributed by atoms with Crippen LogP contribution in [0.25, 0.3) is 0 Å². The average Bonchev–Trinajstić information content (AvgIpc) is 1.89. The topological polar surface area (TPSA) is 26.3 Å². The lowest BCUT2D eigenvalue weighted by Gasteiger charge is -1.90. The number of methoxy groups -OCH3 is 1. The molecule has 0 bridgehead atoms. The third-order valence-corrected chi connectivity index (χ3v) is 0.915. The van der Waals surface area contributed by atoms with Gasteiger partial charge < -0.3 is 4.74 Å².